The van der Waals surface area contributed by atoms with Crippen LogP contribution >= 0.6 is 0 Å². The molecule has 1 heterocycles. The van der Waals surface area contributed by atoms with E-state index in [1.165, 1.54) is 6.07 Å². The number of aromatic nitrogens is 3. The lowest BCUT2D eigenvalue weighted by Crippen LogP contribution is -2.12. The quantitative estimate of drug-likeness (QED) is 0.829. The van der Waals surface area contributed by atoms with E-state index in [0.29, 0.717) is 0 Å². The highest BCUT2D eigenvalue weighted by molar-refractivity contribution is 7.90. The maximum absolute atomic E-state index is 13.7. The average molecular weight is 284 g/mol. The van der Waals surface area contributed by atoms with Crippen LogP contribution in [0.15, 0.2) is 23.1 Å². The third-order valence-electron chi connectivity index (χ3n) is 2.39. The molecule has 0 aliphatic carbocycles. The van der Waals surface area contributed by atoms with Crippen molar-refractivity contribution in [3.63, 3.8) is 0 Å². The van der Waals surface area contributed by atoms with Crippen LogP contribution in [0, 0.1) is 5.82 Å². The van der Waals surface area contributed by atoms with E-state index in [4.69, 9.17) is 5.73 Å². The van der Waals surface area contributed by atoms with Crippen molar-refractivity contribution < 1.29 is 17.6 Å². The number of carbonyl (C=O) groups excluding carboxylic acids is 1. The predicted octanol–water partition coefficient (Wildman–Crippen LogP) is 0.113. The fourth-order valence-electron chi connectivity index (χ4n) is 1.55. The number of hydrogen-bond acceptors (Lipinski definition) is 5. The van der Waals surface area contributed by atoms with E-state index in [2.05, 4.69) is 15.4 Å². The first kappa shape index (κ1) is 13.1. The molecular weight excluding hydrogens is 275 g/mol. The van der Waals surface area contributed by atoms with E-state index in [9.17, 15) is 17.6 Å². The van der Waals surface area contributed by atoms with Gasteiger partial charge >= 0.3 is 0 Å². The molecule has 0 atom stereocenters. The Morgan fingerprint density at radius 2 is 2.05 bits per heavy atom. The SMILES string of the molecule is CS(=O)(=O)c1ccc(-c2n[nH]nc2C(N)=O)cc1F. The Morgan fingerprint density at radius 3 is 2.58 bits per heavy atom. The van der Waals surface area contributed by atoms with Crippen molar-refractivity contribution in [1.29, 1.82) is 0 Å². The number of nitrogens with one attached hydrogen (secondary N) is 1. The van der Waals surface area contributed by atoms with Crippen molar-refractivity contribution in [2.24, 2.45) is 5.73 Å². The van der Waals surface area contributed by atoms with Gasteiger partial charge in [-0.15, -0.1) is 0 Å². The first-order valence-electron chi connectivity index (χ1n) is 5.01. The van der Waals surface area contributed by atoms with Gasteiger partial charge in [-0.25, -0.2) is 12.8 Å². The maximum atomic E-state index is 13.7. The summed E-state index contributed by atoms with van der Waals surface area (Å²) >= 11 is 0. The zero-order valence-electron chi connectivity index (χ0n) is 9.71. The summed E-state index contributed by atoms with van der Waals surface area (Å²) in [5.41, 5.74) is 5.20. The molecule has 0 fully saturated rings. The Hall–Kier alpha value is -2.29. The van der Waals surface area contributed by atoms with Gasteiger partial charge in [-0.3, -0.25) is 4.79 Å². The third-order valence-corrected chi connectivity index (χ3v) is 3.52. The Balaban J connectivity index is 2.57. The molecular formula is C10H9FN4O3S. The molecule has 100 valence electrons. The monoisotopic (exact) mass is 284 g/mol. The Morgan fingerprint density at radius 1 is 1.37 bits per heavy atom. The van der Waals surface area contributed by atoms with Crippen molar-refractivity contribution in [3.05, 3.63) is 29.7 Å². The van der Waals surface area contributed by atoms with E-state index in [-0.39, 0.29) is 17.0 Å². The standard InChI is InChI=1S/C10H9FN4O3S/c1-19(17,18)7-3-2-5(4-6(7)11)8-9(10(12)16)14-15-13-8/h2-4H,1H3,(H2,12,16)(H,13,14,15). The number of primary amides is 1. The lowest BCUT2D eigenvalue weighted by molar-refractivity contribution is 0.0996. The van der Waals surface area contributed by atoms with Crippen LogP contribution in [0.4, 0.5) is 4.39 Å². The van der Waals surface area contributed by atoms with Gasteiger partial charge in [-0.2, -0.15) is 15.4 Å². The number of amides is 1. The number of rotatable bonds is 3. The summed E-state index contributed by atoms with van der Waals surface area (Å²) in [4.78, 5) is 10.6. The summed E-state index contributed by atoms with van der Waals surface area (Å²) in [6, 6.07) is 3.38. The van der Waals surface area contributed by atoms with Gasteiger partial charge in [0.1, 0.15) is 16.4 Å². The van der Waals surface area contributed by atoms with Gasteiger partial charge in [0, 0.05) is 11.8 Å². The van der Waals surface area contributed by atoms with Gasteiger partial charge in [0.15, 0.2) is 15.5 Å². The van der Waals surface area contributed by atoms with Crippen molar-refractivity contribution in [3.8, 4) is 11.3 Å². The van der Waals surface area contributed by atoms with E-state index in [0.717, 1.165) is 18.4 Å². The number of sulfone groups is 1. The highest BCUT2D eigenvalue weighted by atomic mass is 32.2. The van der Waals surface area contributed by atoms with E-state index < -0.39 is 26.5 Å². The molecule has 0 bridgehead atoms. The number of hydrogen-bond donors (Lipinski definition) is 2. The van der Waals surface area contributed by atoms with Crippen LogP contribution in [0.5, 0.6) is 0 Å². The molecule has 19 heavy (non-hydrogen) atoms. The number of nitrogens with two attached hydrogens (primary N) is 1. The number of benzene rings is 1. The molecule has 0 saturated carbocycles. The minimum absolute atomic E-state index is 0.0615. The van der Waals surface area contributed by atoms with Crippen LogP contribution in [-0.2, 0) is 9.84 Å². The molecule has 2 aromatic rings. The highest BCUT2D eigenvalue weighted by Crippen LogP contribution is 2.24. The second kappa shape index (κ2) is 4.43. The summed E-state index contributed by atoms with van der Waals surface area (Å²) in [5.74, 6) is -1.75. The second-order valence-corrected chi connectivity index (χ2v) is 5.79. The molecule has 1 aromatic heterocycles. The first-order chi connectivity index (χ1) is 8.80. The van der Waals surface area contributed by atoms with E-state index in [1.54, 1.807) is 0 Å². The summed E-state index contributed by atoms with van der Waals surface area (Å²) in [6.07, 6.45) is 0.899. The molecule has 0 radical (unpaired) electrons. The Bertz CT molecular complexity index is 754. The third kappa shape index (κ3) is 2.45. The van der Waals surface area contributed by atoms with Crippen molar-refractivity contribution in [2.45, 2.75) is 4.90 Å². The molecule has 9 heteroatoms. The molecule has 0 spiro atoms. The van der Waals surface area contributed by atoms with Crippen molar-refractivity contribution in [2.75, 3.05) is 6.26 Å². The van der Waals surface area contributed by atoms with Crippen LogP contribution in [0.1, 0.15) is 10.5 Å². The van der Waals surface area contributed by atoms with Gasteiger partial charge in [0.2, 0.25) is 0 Å². The number of H-pyrrole nitrogens is 1. The molecule has 2 rings (SSSR count). The van der Waals surface area contributed by atoms with Crippen LogP contribution in [0.3, 0.4) is 0 Å². The number of halogens is 1. The molecule has 0 aliphatic heterocycles. The largest absolute Gasteiger partial charge is 0.364 e. The molecule has 1 amide bonds. The van der Waals surface area contributed by atoms with Crippen LogP contribution < -0.4 is 5.73 Å². The van der Waals surface area contributed by atoms with Gasteiger partial charge in [-0.05, 0) is 12.1 Å². The number of carbonyl (C=O) groups is 1. The van der Waals surface area contributed by atoms with E-state index in [1.807, 2.05) is 0 Å². The predicted molar refractivity (Wildman–Crippen MR) is 63.4 cm³/mol. The Labute approximate surface area is 107 Å². The fourth-order valence-corrected chi connectivity index (χ4v) is 2.28. The molecule has 0 saturated heterocycles. The van der Waals surface area contributed by atoms with Crippen LogP contribution in [-0.4, -0.2) is 36.0 Å². The van der Waals surface area contributed by atoms with Gasteiger partial charge in [0.25, 0.3) is 5.91 Å². The molecule has 0 unspecified atom stereocenters. The smallest absolute Gasteiger partial charge is 0.271 e. The second-order valence-electron chi connectivity index (χ2n) is 3.80. The molecule has 1 aromatic carbocycles. The summed E-state index contributed by atoms with van der Waals surface area (Å²) in [5, 5.41) is 9.43. The zero-order valence-corrected chi connectivity index (χ0v) is 10.5. The normalized spacial score (nSPS) is 11.5. The summed E-state index contributed by atoms with van der Waals surface area (Å²) in [6.45, 7) is 0. The summed E-state index contributed by atoms with van der Waals surface area (Å²) in [7, 11) is -3.66. The topological polar surface area (TPSA) is 119 Å². The maximum Gasteiger partial charge on any atom is 0.271 e. The van der Waals surface area contributed by atoms with Gasteiger partial charge < -0.3 is 5.73 Å². The van der Waals surface area contributed by atoms with E-state index >= 15 is 0 Å². The Kier molecular flexibility index (Phi) is 3.06. The minimum Gasteiger partial charge on any atom is -0.364 e. The summed E-state index contributed by atoms with van der Waals surface area (Å²) < 4.78 is 36.3. The lowest BCUT2D eigenvalue weighted by atomic mass is 10.1. The molecule has 7 nitrogen and oxygen atoms in total. The van der Waals surface area contributed by atoms with Crippen LogP contribution in [0.25, 0.3) is 11.3 Å². The highest BCUT2D eigenvalue weighted by Gasteiger charge is 2.19. The minimum atomic E-state index is -3.66. The van der Waals surface area contributed by atoms with Gasteiger partial charge in [-0.1, -0.05) is 6.07 Å². The number of aromatic amines is 1. The van der Waals surface area contributed by atoms with Crippen molar-refractivity contribution in [1.82, 2.24) is 15.4 Å². The van der Waals surface area contributed by atoms with Crippen LogP contribution in [0.2, 0.25) is 0 Å². The fraction of sp³-hybridized carbons (Fsp3) is 0.100. The zero-order chi connectivity index (χ0) is 14.2. The first-order valence-corrected chi connectivity index (χ1v) is 6.90. The van der Waals surface area contributed by atoms with Crippen molar-refractivity contribution >= 4 is 15.7 Å². The lowest BCUT2D eigenvalue weighted by Gasteiger charge is -2.03. The van der Waals surface area contributed by atoms with Gasteiger partial charge in [0.05, 0.1) is 0 Å². The number of nitrogens with zero attached hydrogens (tertiary/aromatic N) is 2. The average Bonchev–Trinajstić information content (AvgIpc) is 2.75. The molecule has 0 aliphatic rings. The molecule has 3 N–H and O–H groups in total.